The zero-order valence-corrected chi connectivity index (χ0v) is 23.7. The second-order valence-electron chi connectivity index (χ2n) is 10.4. The maximum Gasteiger partial charge on any atom is 0.416 e. The van der Waals surface area contributed by atoms with Gasteiger partial charge in [-0.3, -0.25) is 14.6 Å². The second-order valence-corrected chi connectivity index (χ2v) is 10.4. The van der Waals surface area contributed by atoms with E-state index in [1.54, 1.807) is 41.4 Å². The maximum absolute atomic E-state index is 13.2. The number of aromatic nitrogens is 3. The smallest absolute Gasteiger partial charge is 0.416 e. The van der Waals surface area contributed by atoms with Gasteiger partial charge in [0, 0.05) is 50.6 Å². The number of hydrogen-bond donors (Lipinski definition) is 2. The number of aromatic amines is 1. The van der Waals surface area contributed by atoms with Gasteiger partial charge < -0.3 is 24.8 Å². The van der Waals surface area contributed by atoms with Crippen LogP contribution in [0.1, 0.15) is 33.6 Å². The van der Waals surface area contributed by atoms with E-state index in [1.807, 2.05) is 13.1 Å². The molecule has 1 fully saturated rings. The molecule has 3 heterocycles. The molecule has 9 nitrogen and oxygen atoms in total. The van der Waals surface area contributed by atoms with Crippen molar-refractivity contribution >= 4 is 17.5 Å². The molecule has 2 N–H and O–H groups in total. The third-order valence-electron chi connectivity index (χ3n) is 7.17. The number of hydrogen-bond acceptors (Lipinski definition) is 6. The van der Waals surface area contributed by atoms with E-state index < -0.39 is 17.6 Å². The first-order valence-electron chi connectivity index (χ1n) is 13.8. The van der Waals surface area contributed by atoms with Gasteiger partial charge in [-0.25, -0.2) is 4.98 Å². The van der Waals surface area contributed by atoms with E-state index >= 15 is 0 Å². The molecule has 224 valence electrons. The minimum absolute atomic E-state index is 0.0752. The Kier molecular flexibility index (Phi) is 8.76. The number of benzene rings is 2. The van der Waals surface area contributed by atoms with Gasteiger partial charge in [0.1, 0.15) is 22.9 Å². The summed E-state index contributed by atoms with van der Waals surface area (Å²) in [6.45, 7) is 4.33. The van der Waals surface area contributed by atoms with E-state index in [2.05, 4.69) is 25.2 Å². The summed E-state index contributed by atoms with van der Waals surface area (Å²) in [6.07, 6.45) is -0.965. The normalized spacial score (nSPS) is 14.0. The number of H-pyrrole nitrogens is 1. The lowest BCUT2D eigenvalue weighted by atomic mass is 10.1. The summed E-state index contributed by atoms with van der Waals surface area (Å²) in [7, 11) is 2.03. The Morgan fingerprint density at radius 1 is 1.00 bits per heavy atom. The molecule has 0 radical (unpaired) electrons. The van der Waals surface area contributed by atoms with E-state index in [1.165, 1.54) is 25.3 Å². The number of imidazole rings is 1. The van der Waals surface area contributed by atoms with Gasteiger partial charge in [-0.15, -0.1) is 0 Å². The third kappa shape index (κ3) is 7.58. The van der Waals surface area contributed by atoms with Gasteiger partial charge >= 0.3 is 6.18 Å². The highest BCUT2D eigenvalue weighted by Gasteiger charge is 2.32. The molecule has 2 aromatic carbocycles. The summed E-state index contributed by atoms with van der Waals surface area (Å²) in [5.41, 5.74) is 1.14. The number of ether oxygens (including phenoxy) is 1. The number of carbonyl (C=O) groups excluding carboxylic acids is 2. The number of nitrogens with one attached hydrogen (secondary N) is 2. The number of rotatable bonds is 8. The molecular weight excluding hydrogens is 561 g/mol. The molecule has 0 spiro atoms. The van der Waals surface area contributed by atoms with Crippen LogP contribution in [0.15, 0.2) is 67.0 Å². The Morgan fingerprint density at radius 3 is 2.53 bits per heavy atom. The van der Waals surface area contributed by atoms with Crippen LogP contribution in [0.25, 0.3) is 11.5 Å². The first-order valence-corrected chi connectivity index (χ1v) is 13.8. The highest BCUT2D eigenvalue weighted by molar-refractivity contribution is 5.93. The number of amides is 2. The number of halogens is 3. The molecule has 43 heavy (non-hydrogen) atoms. The lowest BCUT2D eigenvalue weighted by Gasteiger charge is -2.32. The van der Waals surface area contributed by atoms with Crippen molar-refractivity contribution in [2.75, 3.05) is 38.5 Å². The SMILES string of the molecule is Cc1ccc(NC(=O)CCc2cccc(Oc3ccnc(-c4ncc(C(=O)N5CCN(C)CC5)[nH]4)c3)c2)cc1C(F)(F)F. The molecule has 0 unspecified atom stereocenters. The Labute approximate surface area is 246 Å². The largest absolute Gasteiger partial charge is 0.457 e. The number of carbonyl (C=O) groups is 2. The average molecular weight is 593 g/mol. The number of likely N-dealkylation sites (N-methyl/N-ethyl adjacent to an activating group) is 1. The summed E-state index contributed by atoms with van der Waals surface area (Å²) in [6, 6.07) is 14.3. The molecule has 0 aliphatic carbocycles. The van der Waals surface area contributed by atoms with Crippen LogP contribution in [0.5, 0.6) is 11.5 Å². The minimum atomic E-state index is -4.49. The molecule has 2 amide bonds. The predicted molar refractivity (Wildman–Crippen MR) is 155 cm³/mol. The first kappa shape index (κ1) is 29.8. The van der Waals surface area contributed by atoms with Crippen LogP contribution in [0.2, 0.25) is 0 Å². The quantitative estimate of drug-likeness (QED) is 0.278. The summed E-state index contributed by atoms with van der Waals surface area (Å²) in [5, 5.41) is 2.55. The number of anilines is 1. The standard InChI is InChI=1S/C31H31F3N6O3/c1-20-6-8-22(17-25(20)31(32,33)34)37-28(41)9-7-21-4-3-5-23(16-21)43-24-10-11-35-26(18-24)29-36-19-27(38-29)30(42)40-14-12-39(2)13-15-40/h3-6,8,10-11,16-19H,7,9,12-15H2,1-2H3,(H,36,38)(H,37,41). The van der Waals surface area contributed by atoms with E-state index in [4.69, 9.17) is 4.74 Å². The van der Waals surface area contributed by atoms with Crippen molar-refractivity contribution in [3.05, 3.63) is 89.4 Å². The van der Waals surface area contributed by atoms with E-state index in [-0.39, 0.29) is 23.6 Å². The summed E-state index contributed by atoms with van der Waals surface area (Å²) in [4.78, 5) is 41.1. The predicted octanol–water partition coefficient (Wildman–Crippen LogP) is 5.55. The van der Waals surface area contributed by atoms with Crippen molar-refractivity contribution in [2.45, 2.75) is 25.9 Å². The number of pyridine rings is 1. The molecular formula is C31H31F3N6O3. The van der Waals surface area contributed by atoms with Crippen molar-refractivity contribution in [1.82, 2.24) is 24.8 Å². The van der Waals surface area contributed by atoms with Crippen molar-refractivity contribution in [3.63, 3.8) is 0 Å². The summed E-state index contributed by atoms with van der Waals surface area (Å²) in [5.74, 6) is 0.983. The van der Waals surface area contributed by atoms with Crippen LogP contribution in [-0.2, 0) is 17.4 Å². The summed E-state index contributed by atoms with van der Waals surface area (Å²) < 4.78 is 45.6. The molecule has 4 aromatic rings. The molecule has 1 saturated heterocycles. The molecule has 1 aliphatic heterocycles. The number of aryl methyl sites for hydroxylation is 2. The molecule has 2 aromatic heterocycles. The van der Waals surface area contributed by atoms with Gasteiger partial charge in [-0.2, -0.15) is 13.2 Å². The Bertz CT molecular complexity index is 1610. The molecule has 5 rings (SSSR count). The highest BCUT2D eigenvalue weighted by Crippen LogP contribution is 2.33. The van der Waals surface area contributed by atoms with Crippen LogP contribution in [0.3, 0.4) is 0 Å². The average Bonchev–Trinajstić information content (AvgIpc) is 3.48. The fourth-order valence-electron chi connectivity index (χ4n) is 4.73. The molecule has 12 heteroatoms. The number of nitrogens with zero attached hydrogens (tertiary/aromatic N) is 4. The highest BCUT2D eigenvalue weighted by atomic mass is 19.4. The van der Waals surface area contributed by atoms with E-state index in [0.717, 1.165) is 24.7 Å². The maximum atomic E-state index is 13.2. The fourth-order valence-corrected chi connectivity index (χ4v) is 4.73. The van der Waals surface area contributed by atoms with Crippen LogP contribution >= 0.6 is 0 Å². The van der Waals surface area contributed by atoms with E-state index in [9.17, 15) is 22.8 Å². The Balaban J connectivity index is 1.19. The van der Waals surface area contributed by atoms with Crippen LogP contribution in [0.4, 0.5) is 18.9 Å². The van der Waals surface area contributed by atoms with Gasteiger partial charge in [0.25, 0.3) is 5.91 Å². The Hall–Kier alpha value is -4.71. The van der Waals surface area contributed by atoms with Crippen LogP contribution in [0, 0.1) is 6.92 Å². The number of alkyl halides is 3. The topological polar surface area (TPSA) is 103 Å². The Morgan fingerprint density at radius 2 is 1.77 bits per heavy atom. The zero-order chi connectivity index (χ0) is 30.6. The van der Waals surface area contributed by atoms with Crippen molar-refractivity contribution in [3.8, 4) is 23.0 Å². The second kappa shape index (κ2) is 12.7. The van der Waals surface area contributed by atoms with Gasteiger partial charge in [-0.1, -0.05) is 18.2 Å². The van der Waals surface area contributed by atoms with E-state index in [0.29, 0.717) is 48.2 Å². The van der Waals surface area contributed by atoms with Crippen molar-refractivity contribution in [1.29, 1.82) is 0 Å². The molecule has 0 atom stereocenters. The number of piperazine rings is 1. The van der Waals surface area contributed by atoms with Gasteiger partial charge in [0.2, 0.25) is 5.91 Å². The zero-order valence-electron chi connectivity index (χ0n) is 23.7. The summed E-state index contributed by atoms with van der Waals surface area (Å²) >= 11 is 0. The van der Waals surface area contributed by atoms with Gasteiger partial charge in [0.15, 0.2) is 5.82 Å². The van der Waals surface area contributed by atoms with Crippen LogP contribution in [-0.4, -0.2) is 69.8 Å². The molecule has 0 saturated carbocycles. The lowest BCUT2D eigenvalue weighted by molar-refractivity contribution is -0.138. The first-order chi connectivity index (χ1) is 20.5. The van der Waals surface area contributed by atoms with Gasteiger partial charge in [-0.05, 0) is 61.9 Å². The molecule has 1 aliphatic rings. The fraction of sp³-hybridized carbons (Fsp3) is 0.290. The lowest BCUT2D eigenvalue weighted by Crippen LogP contribution is -2.47. The van der Waals surface area contributed by atoms with Crippen molar-refractivity contribution < 1.29 is 27.5 Å². The van der Waals surface area contributed by atoms with Gasteiger partial charge in [0.05, 0.1) is 11.8 Å². The molecule has 0 bridgehead atoms. The minimum Gasteiger partial charge on any atom is -0.457 e. The van der Waals surface area contributed by atoms with Crippen LogP contribution < -0.4 is 10.1 Å². The van der Waals surface area contributed by atoms with Crippen molar-refractivity contribution in [2.24, 2.45) is 0 Å². The third-order valence-corrected chi connectivity index (χ3v) is 7.17. The monoisotopic (exact) mass is 592 g/mol.